The number of aromatic hydroxyl groups is 2. The topological polar surface area (TPSA) is 174 Å². The predicted molar refractivity (Wildman–Crippen MR) is 147 cm³/mol. The van der Waals surface area contributed by atoms with Crippen LogP contribution in [0.15, 0.2) is 90.5 Å². The molecule has 4 aromatic carbocycles. The molecule has 0 amide bonds. The van der Waals surface area contributed by atoms with E-state index in [0.29, 0.717) is 5.69 Å². The van der Waals surface area contributed by atoms with Crippen molar-refractivity contribution in [2.75, 3.05) is 0 Å². The largest absolute Gasteiger partial charge is 0.508 e. The maximum Gasteiger partial charge on any atom is 0.298 e. The Labute approximate surface area is 229 Å². The molecule has 0 aliphatic heterocycles. The number of benzene rings is 4. The Morgan fingerprint density at radius 2 is 1.49 bits per heavy atom. The normalized spacial score (nSPS) is 12.6. The van der Waals surface area contributed by atoms with Crippen molar-refractivity contribution in [2.45, 2.75) is 46.3 Å². The van der Waals surface area contributed by atoms with Gasteiger partial charge in [0.15, 0.2) is 5.75 Å². The SMILES string of the molecule is Cc1cc(O)c(C(C)C)cc1Sc1ccc(N=Nc2c(O)c(S(=O)(=O)O)cc3cc(S(=O)(=O)O)ccc23)cc1. The molecule has 0 radical (unpaired) electrons. The first-order valence-electron chi connectivity index (χ1n) is 11.4. The Morgan fingerprint density at radius 3 is 2.08 bits per heavy atom. The molecule has 0 aliphatic carbocycles. The van der Waals surface area contributed by atoms with Crippen molar-refractivity contribution in [3.05, 3.63) is 71.8 Å². The van der Waals surface area contributed by atoms with Gasteiger partial charge in [0.1, 0.15) is 16.3 Å². The number of hydrogen-bond acceptors (Lipinski definition) is 9. The number of azo groups is 1. The number of rotatable bonds is 7. The quantitative estimate of drug-likeness (QED) is 0.135. The van der Waals surface area contributed by atoms with E-state index in [1.807, 2.05) is 26.8 Å². The molecule has 10 nitrogen and oxygen atoms in total. The third-order valence-electron chi connectivity index (χ3n) is 5.87. The van der Waals surface area contributed by atoms with E-state index in [4.69, 9.17) is 0 Å². The predicted octanol–water partition coefficient (Wildman–Crippen LogP) is 6.74. The number of phenolic OH excluding ortho intramolecular Hbond substituents is 2. The van der Waals surface area contributed by atoms with Gasteiger partial charge < -0.3 is 10.2 Å². The highest BCUT2D eigenvalue weighted by molar-refractivity contribution is 7.99. The van der Waals surface area contributed by atoms with Crippen LogP contribution in [0.5, 0.6) is 11.5 Å². The van der Waals surface area contributed by atoms with Gasteiger partial charge >= 0.3 is 0 Å². The molecule has 4 N–H and O–H groups in total. The summed E-state index contributed by atoms with van der Waals surface area (Å²) < 4.78 is 65.6. The average Bonchev–Trinajstić information content (AvgIpc) is 2.84. The highest BCUT2D eigenvalue weighted by atomic mass is 32.2. The van der Waals surface area contributed by atoms with E-state index in [1.165, 1.54) is 17.8 Å². The highest BCUT2D eigenvalue weighted by Crippen LogP contribution is 2.42. The highest BCUT2D eigenvalue weighted by Gasteiger charge is 2.23. The number of nitrogens with zero attached hydrogens (tertiary/aromatic N) is 2. The van der Waals surface area contributed by atoms with Gasteiger partial charge in [0.2, 0.25) is 0 Å². The van der Waals surface area contributed by atoms with Crippen molar-refractivity contribution in [1.82, 2.24) is 0 Å². The summed E-state index contributed by atoms with van der Waals surface area (Å²) in [5, 5.41) is 28.9. The van der Waals surface area contributed by atoms with E-state index in [1.54, 1.807) is 30.3 Å². The van der Waals surface area contributed by atoms with Crippen LogP contribution in [0.2, 0.25) is 0 Å². The van der Waals surface area contributed by atoms with Crippen LogP contribution in [-0.2, 0) is 20.2 Å². The van der Waals surface area contributed by atoms with Crippen LogP contribution in [0.1, 0.15) is 30.9 Å². The van der Waals surface area contributed by atoms with Gasteiger partial charge in [0, 0.05) is 15.2 Å². The zero-order valence-corrected chi connectivity index (χ0v) is 23.3. The van der Waals surface area contributed by atoms with Gasteiger partial charge in [-0.2, -0.15) is 21.9 Å². The molecule has 0 fully saturated rings. The smallest absolute Gasteiger partial charge is 0.298 e. The maximum absolute atomic E-state index is 11.8. The van der Waals surface area contributed by atoms with Crippen LogP contribution in [0.4, 0.5) is 11.4 Å². The molecule has 204 valence electrons. The minimum Gasteiger partial charge on any atom is -0.508 e. The molecule has 0 unspecified atom stereocenters. The minimum absolute atomic E-state index is 0.0266. The van der Waals surface area contributed by atoms with Crippen LogP contribution < -0.4 is 0 Å². The second-order valence-corrected chi connectivity index (χ2v) is 13.0. The van der Waals surface area contributed by atoms with E-state index < -0.39 is 35.8 Å². The van der Waals surface area contributed by atoms with Gasteiger partial charge in [-0.05, 0) is 84.0 Å². The standard InChI is InChI=1S/C26H24N2O8S3/c1-14(2)21-13-23(15(3)10-22(21)29)37-18-6-4-17(5-7-18)27-28-25-20-9-8-19(38(31,32)33)11-16(20)12-24(26(25)30)39(34,35)36/h4-14,29-30H,1-3H3,(H,31,32,33)(H,34,35,36). The van der Waals surface area contributed by atoms with Crippen LogP contribution in [-0.4, -0.2) is 36.2 Å². The van der Waals surface area contributed by atoms with E-state index in [2.05, 4.69) is 10.2 Å². The second-order valence-electron chi connectivity index (χ2n) is 9.03. The molecule has 0 aromatic heterocycles. The first kappa shape index (κ1) is 28.5. The van der Waals surface area contributed by atoms with E-state index in [0.717, 1.165) is 39.1 Å². The molecule has 0 atom stereocenters. The number of hydrogen-bond donors (Lipinski definition) is 4. The van der Waals surface area contributed by atoms with Gasteiger partial charge in [-0.15, -0.1) is 5.11 Å². The van der Waals surface area contributed by atoms with Gasteiger partial charge in [-0.3, -0.25) is 9.11 Å². The van der Waals surface area contributed by atoms with Crippen LogP contribution >= 0.6 is 11.8 Å². The van der Waals surface area contributed by atoms with Crippen LogP contribution in [0, 0.1) is 6.92 Å². The first-order valence-corrected chi connectivity index (χ1v) is 15.1. The summed E-state index contributed by atoms with van der Waals surface area (Å²) in [5.41, 5.74) is 1.81. The molecule has 39 heavy (non-hydrogen) atoms. The second kappa shape index (κ2) is 10.6. The van der Waals surface area contributed by atoms with Gasteiger partial charge in [0.05, 0.1) is 10.6 Å². The van der Waals surface area contributed by atoms with Crippen LogP contribution in [0.3, 0.4) is 0 Å². The maximum atomic E-state index is 11.8. The van der Waals surface area contributed by atoms with Crippen molar-refractivity contribution in [2.24, 2.45) is 10.2 Å². The third-order valence-corrected chi connectivity index (χ3v) is 8.76. The molecule has 13 heteroatoms. The summed E-state index contributed by atoms with van der Waals surface area (Å²) in [6.07, 6.45) is 0. The molecule has 0 heterocycles. The van der Waals surface area contributed by atoms with Crippen molar-refractivity contribution >= 4 is 54.1 Å². The summed E-state index contributed by atoms with van der Waals surface area (Å²) in [5.74, 6) is -0.464. The average molecular weight is 589 g/mol. The summed E-state index contributed by atoms with van der Waals surface area (Å²) in [4.78, 5) is 0.459. The molecular formula is C26H24N2O8S3. The molecule has 0 saturated heterocycles. The van der Waals surface area contributed by atoms with Crippen molar-refractivity contribution < 1.29 is 36.2 Å². The minimum atomic E-state index is -4.91. The Bertz CT molecular complexity index is 1830. The third kappa shape index (κ3) is 6.23. The van der Waals surface area contributed by atoms with Gasteiger partial charge in [0.25, 0.3) is 20.2 Å². The molecule has 0 bridgehead atoms. The lowest BCUT2D eigenvalue weighted by molar-refractivity contribution is 0.445. The molecule has 4 aromatic rings. The molecule has 0 aliphatic rings. The number of fused-ring (bicyclic) bond motifs is 1. The van der Waals surface area contributed by atoms with Crippen molar-refractivity contribution in [3.8, 4) is 11.5 Å². The molecule has 0 saturated carbocycles. The van der Waals surface area contributed by atoms with E-state index in [9.17, 15) is 36.2 Å². The van der Waals surface area contributed by atoms with Crippen molar-refractivity contribution in [1.29, 1.82) is 0 Å². The number of aryl methyl sites for hydroxylation is 1. The van der Waals surface area contributed by atoms with Gasteiger partial charge in [-0.25, -0.2) is 0 Å². The molecular weight excluding hydrogens is 564 g/mol. The molecule has 4 rings (SSSR count). The fourth-order valence-electron chi connectivity index (χ4n) is 3.86. The summed E-state index contributed by atoms with van der Waals surface area (Å²) in [6, 6.07) is 14.7. The van der Waals surface area contributed by atoms with Crippen molar-refractivity contribution in [3.63, 3.8) is 0 Å². The lowest BCUT2D eigenvalue weighted by atomic mass is 10.0. The molecule has 0 spiro atoms. The van der Waals surface area contributed by atoms with E-state index >= 15 is 0 Å². The Hall–Kier alpha value is -3.49. The lowest BCUT2D eigenvalue weighted by Crippen LogP contribution is -2.00. The van der Waals surface area contributed by atoms with Crippen LogP contribution in [0.25, 0.3) is 10.8 Å². The fourth-order valence-corrected chi connectivity index (χ4v) is 5.93. The zero-order chi connectivity index (χ0) is 28.7. The fraction of sp³-hybridized carbons (Fsp3) is 0.154. The lowest BCUT2D eigenvalue weighted by Gasteiger charge is -2.13. The van der Waals surface area contributed by atoms with E-state index in [-0.39, 0.29) is 28.1 Å². The Kier molecular flexibility index (Phi) is 7.74. The Morgan fingerprint density at radius 1 is 0.821 bits per heavy atom. The first-order chi connectivity index (χ1) is 18.1. The summed E-state index contributed by atoms with van der Waals surface area (Å²) in [7, 11) is -9.51. The number of phenols is 2. The zero-order valence-electron chi connectivity index (χ0n) is 20.9. The monoisotopic (exact) mass is 588 g/mol. The summed E-state index contributed by atoms with van der Waals surface area (Å²) in [6.45, 7) is 5.91. The van der Waals surface area contributed by atoms with Gasteiger partial charge in [-0.1, -0.05) is 31.7 Å². The Balaban J connectivity index is 1.70. The summed E-state index contributed by atoms with van der Waals surface area (Å²) >= 11 is 1.50.